The van der Waals surface area contributed by atoms with Gasteiger partial charge in [-0.3, -0.25) is 4.99 Å². The monoisotopic (exact) mass is 535 g/mol. The molecule has 0 aliphatic rings. The summed E-state index contributed by atoms with van der Waals surface area (Å²) in [4.78, 5) is 4.33. The molecule has 0 spiro atoms. The van der Waals surface area contributed by atoms with Crippen LogP contribution in [0.25, 0.3) is 5.69 Å². The second-order valence-corrected chi connectivity index (χ2v) is 6.97. The SMILES string of the molecule is CN=C(NCC(C)Oc1cccc(OC)c1)NC(C)c1cccc(-n2cccn2)c1.I. The van der Waals surface area contributed by atoms with Gasteiger partial charge in [0.25, 0.3) is 0 Å². The van der Waals surface area contributed by atoms with Crippen molar-refractivity contribution in [3.05, 3.63) is 72.6 Å². The molecule has 3 rings (SSSR count). The minimum absolute atomic E-state index is 0. The highest BCUT2D eigenvalue weighted by Gasteiger charge is 2.11. The van der Waals surface area contributed by atoms with Crippen LogP contribution in [0.3, 0.4) is 0 Å². The molecule has 0 amide bonds. The van der Waals surface area contributed by atoms with Crippen LogP contribution < -0.4 is 20.1 Å². The Morgan fingerprint density at radius 1 is 1.10 bits per heavy atom. The second kappa shape index (κ2) is 12.2. The van der Waals surface area contributed by atoms with Gasteiger partial charge in [-0.1, -0.05) is 18.2 Å². The molecule has 8 heteroatoms. The largest absolute Gasteiger partial charge is 0.497 e. The fourth-order valence-electron chi connectivity index (χ4n) is 3.03. The minimum Gasteiger partial charge on any atom is -0.497 e. The van der Waals surface area contributed by atoms with Crippen LogP contribution >= 0.6 is 24.0 Å². The molecule has 3 aromatic rings. The van der Waals surface area contributed by atoms with Crippen molar-refractivity contribution in [1.82, 2.24) is 20.4 Å². The lowest BCUT2D eigenvalue weighted by atomic mass is 10.1. The fraction of sp³-hybridized carbons (Fsp3) is 0.304. The molecule has 31 heavy (non-hydrogen) atoms. The standard InChI is InChI=1S/C23H29N5O2.HI/c1-17(30-22-11-6-10-21(15-22)29-4)16-25-23(24-3)27-18(2)19-8-5-9-20(14-19)28-13-7-12-26-28;/h5-15,17-18H,16H2,1-4H3,(H2,24,25,27);1H. The number of halogens is 1. The van der Waals surface area contributed by atoms with E-state index >= 15 is 0 Å². The summed E-state index contributed by atoms with van der Waals surface area (Å²) < 4.78 is 13.1. The van der Waals surface area contributed by atoms with Crippen molar-refractivity contribution >= 4 is 29.9 Å². The van der Waals surface area contributed by atoms with E-state index in [1.165, 1.54) is 0 Å². The maximum absolute atomic E-state index is 5.96. The number of hydrogen-bond donors (Lipinski definition) is 2. The number of nitrogens with one attached hydrogen (secondary N) is 2. The molecule has 2 aromatic carbocycles. The van der Waals surface area contributed by atoms with Crippen LogP contribution in [-0.4, -0.2) is 42.5 Å². The quantitative estimate of drug-likeness (QED) is 0.257. The topological polar surface area (TPSA) is 72.7 Å². The van der Waals surface area contributed by atoms with Gasteiger partial charge in [-0.25, -0.2) is 4.68 Å². The van der Waals surface area contributed by atoms with Gasteiger partial charge in [-0.15, -0.1) is 24.0 Å². The van der Waals surface area contributed by atoms with Crippen LogP contribution in [0.1, 0.15) is 25.5 Å². The normalized spacial score (nSPS) is 13.0. The zero-order valence-electron chi connectivity index (χ0n) is 18.3. The van der Waals surface area contributed by atoms with Gasteiger partial charge in [0.2, 0.25) is 0 Å². The maximum Gasteiger partial charge on any atom is 0.191 e. The van der Waals surface area contributed by atoms with Crippen LogP contribution in [-0.2, 0) is 0 Å². The van der Waals surface area contributed by atoms with Crippen LogP contribution in [0.2, 0.25) is 0 Å². The zero-order chi connectivity index (χ0) is 21.3. The number of aromatic nitrogens is 2. The second-order valence-electron chi connectivity index (χ2n) is 6.97. The van der Waals surface area contributed by atoms with Gasteiger partial charge in [-0.05, 0) is 49.7 Å². The molecular weight excluding hydrogens is 505 g/mol. The minimum atomic E-state index is -0.0471. The molecule has 1 aromatic heterocycles. The third-order valence-electron chi connectivity index (χ3n) is 4.65. The molecule has 0 saturated carbocycles. The summed E-state index contributed by atoms with van der Waals surface area (Å²) in [6.07, 6.45) is 3.66. The van der Waals surface area contributed by atoms with Crippen LogP contribution in [0.5, 0.6) is 11.5 Å². The third-order valence-corrected chi connectivity index (χ3v) is 4.65. The predicted molar refractivity (Wildman–Crippen MR) is 135 cm³/mol. The number of ether oxygens (including phenoxy) is 2. The predicted octanol–water partition coefficient (Wildman–Crippen LogP) is 4.19. The van der Waals surface area contributed by atoms with Crippen molar-refractivity contribution in [2.24, 2.45) is 4.99 Å². The van der Waals surface area contributed by atoms with Crippen LogP contribution in [0.15, 0.2) is 72.0 Å². The Morgan fingerprint density at radius 2 is 1.87 bits per heavy atom. The molecule has 0 bridgehead atoms. The molecule has 0 aliphatic carbocycles. The summed E-state index contributed by atoms with van der Waals surface area (Å²) in [5.41, 5.74) is 2.17. The summed E-state index contributed by atoms with van der Waals surface area (Å²) in [6.45, 7) is 4.72. The summed E-state index contributed by atoms with van der Waals surface area (Å²) in [5.74, 6) is 2.26. The molecule has 2 N–H and O–H groups in total. The zero-order valence-corrected chi connectivity index (χ0v) is 20.6. The van der Waals surface area contributed by atoms with Crippen molar-refractivity contribution in [2.45, 2.75) is 26.0 Å². The Hall–Kier alpha value is -2.75. The van der Waals surface area contributed by atoms with E-state index in [0.29, 0.717) is 12.5 Å². The van der Waals surface area contributed by atoms with Gasteiger partial charge >= 0.3 is 0 Å². The average Bonchev–Trinajstić information content (AvgIpc) is 3.31. The van der Waals surface area contributed by atoms with Gasteiger partial charge < -0.3 is 20.1 Å². The smallest absolute Gasteiger partial charge is 0.191 e. The highest BCUT2D eigenvalue weighted by molar-refractivity contribution is 14.0. The number of aliphatic imine (C=N–C) groups is 1. The Morgan fingerprint density at radius 3 is 2.58 bits per heavy atom. The molecular formula is C23H30IN5O2. The van der Waals surface area contributed by atoms with Crippen molar-refractivity contribution < 1.29 is 9.47 Å². The van der Waals surface area contributed by atoms with Gasteiger partial charge in [0.15, 0.2) is 5.96 Å². The van der Waals surface area contributed by atoms with Crippen molar-refractivity contribution in [3.63, 3.8) is 0 Å². The molecule has 0 radical (unpaired) electrons. The number of nitrogens with zero attached hydrogens (tertiary/aromatic N) is 3. The van der Waals surface area contributed by atoms with E-state index in [0.717, 1.165) is 22.7 Å². The van der Waals surface area contributed by atoms with Gasteiger partial charge in [-0.2, -0.15) is 5.10 Å². The van der Waals surface area contributed by atoms with Gasteiger partial charge in [0.1, 0.15) is 17.6 Å². The van der Waals surface area contributed by atoms with Gasteiger partial charge in [0, 0.05) is 25.5 Å². The maximum atomic E-state index is 5.96. The van der Waals surface area contributed by atoms with E-state index in [9.17, 15) is 0 Å². The summed E-state index contributed by atoms with van der Waals surface area (Å²) in [7, 11) is 3.40. The molecule has 2 unspecified atom stereocenters. The highest BCUT2D eigenvalue weighted by atomic mass is 127. The Bertz CT molecular complexity index is 962. The molecule has 1 heterocycles. The lowest BCUT2D eigenvalue weighted by Crippen LogP contribution is -2.42. The van der Waals surface area contributed by atoms with Crippen LogP contribution in [0.4, 0.5) is 0 Å². The first-order valence-corrected chi connectivity index (χ1v) is 9.97. The molecule has 7 nitrogen and oxygen atoms in total. The number of guanidine groups is 1. The van der Waals surface area contributed by atoms with Crippen molar-refractivity contribution in [2.75, 3.05) is 20.7 Å². The first-order chi connectivity index (χ1) is 14.6. The molecule has 2 atom stereocenters. The molecule has 0 fully saturated rings. The number of benzene rings is 2. The number of hydrogen-bond acceptors (Lipinski definition) is 4. The lowest BCUT2D eigenvalue weighted by Gasteiger charge is -2.21. The molecule has 166 valence electrons. The fourth-order valence-corrected chi connectivity index (χ4v) is 3.03. The van der Waals surface area contributed by atoms with Gasteiger partial charge in [0.05, 0.1) is 25.4 Å². The van der Waals surface area contributed by atoms with E-state index < -0.39 is 0 Å². The van der Waals surface area contributed by atoms with E-state index in [4.69, 9.17) is 9.47 Å². The average molecular weight is 535 g/mol. The lowest BCUT2D eigenvalue weighted by molar-refractivity contribution is 0.223. The first-order valence-electron chi connectivity index (χ1n) is 9.97. The Balaban J connectivity index is 0.00000341. The molecule has 0 saturated heterocycles. The van der Waals surface area contributed by atoms with Crippen molar-refractivity contribution in [3.8, 4) is 17.2 Å². The number of rotatable bonds is 8. The molecule has 0 aliphatic heterocycles. The third kappa shape index (κ3) is 7.16. The van der Waals surface area contributed by atoms with Crippen molar-refractivity contribution in [1.29, 1.82) is 0 Å². The van der Waals surface area contributed by atoms with Crippen LogP contribution in [0, 0.1) is 0 Å². The summed E-state index contributed by atoms with van der Waals surface area (Å²) >= 11 is 0. The Kier molecular flexibility index (Phi) is 9.64. The summed E-state index contributed by atoms with van der Waals surface area (Å²) in [6, 6.07) is 17.9. The number of methoxy groups -OCH3 is 1. The van der Waals surface area contributed by atoms with E-state index in [1.807, 2.05) is 60.3 Å². The van der Waals surface area contributed by atoms with E-state index in [1.54, 1.807) is 20.4 Å². The first kappa shape index (κ1) is 24.5. The highest BCUT2D eigenvalue weighted by Crippen LogP contribution is 2.20. The Labute approximate surface area is 200 Å². The van der Waals surface area contributed by atoms with E-state index in [-0.39, 0.29) is 36.1 Å². The van der Waals surface area contributed by atoms with E-state index in [2.05, 4.69) is 39.8 Å². The summed E-state index contributed by atoms with van der Waals surface area (Å²) in [5, 5.41) is 11.0.